The van der Waals surface area contributed by atoms with Gasteiger partial charge in [0.15, 0.2) is 0 Å². The van der Waals surface area contributed by atoms with Gasteiger partial charge in [-0.05, 0) is 71.3 Å². The highest BCUT2D eigenvalue weighted by atomic mass is 16.6. The van der Waals surface area contributed by atoms with E-state index in [9.17, 15) is 28.8 Å². The molecular weight excluding hydrogens is 624 g/mol. The molecule has 0 heterocycles. The predicted molar refractivity (Wildman–Crippen MR) is 167 cm³/mol. The van der Waals surface area contributed by atoms with E-state index in [2.05, 4.69) is 0 Å². The highest BCUT2D eigenvalue weighted by Crippen LogP contribution is 2.21. The van der Waals surface area contributed by atoms with Crippen LogP contribution in [0.25, 0.3) is 0 Å². The second kappa shape index (κ2) is 16.3. The lowest BCUT2D eigenvalue weighted by Gasteiger charge is -2.13. The second-order valence-electron chi connectivity index (χ2n) is 10.2. The highest BCUT2D eigenvalue weighted by molar-refractivity contribution is 6.05. The third-order valence-electron chi connectivity index (χ3n) is 6.28. The van der Waals surface area contributed by atoms with Gasteiger partial charge < -0.3 is 28.4 Å². The summed E-state index contributed by atoms with van der Waals surface area (Å²) in [6.07, 6.45) is 0. The zero-order chi connectivity index (χ0) is 34.6. The van der Waals surface area contributed by atoms with Crippen LogP contribution in [0.2, 0.25) is 0 Å². The fraction of sp³-hybridized carbons (Fsp3) is 0.167. The Hall–Kier alpha value is -6.30. The molecule has 4 rings (SSSR count). The number of hydrogen-bond acceptors (Lipinski definition) is 12. The van der Waals surface area contributed by atoms with Crippen molar-refractivity contribution in [3.05, 3.63) is 124 Å². The summed E-state index contributed by atoms with van der Waals surface area (Å²) in [6, 6.07) is 22.8. The van der Waals surface area contributed by atoms with Gasteiger partial charge in [-0.1, -0.05) is 36.4 Å². The molecule has 0 saturated carbocycles. The Morgan fingerprint density at radius 1 is 0.438 bits per heavy atom. The Morgan fingerprint density at radius 2 is 0.812 bits per heavy atom. The number of ether oxygens (including phenoxy) is 6. The molecule has 0 amide bonds. The van der Waals surface area contributed by atoms with Gasteiger partial charge in [-0.3, -0.25) is 14.4 Å². The van der Waals surface area contributed by atoms with E-state index < -0.39 is 35.8 Å². The Labute approximate surface area is 275 Å². The van der Waals surface area contributed by atoms with E-state index in [1.165, 1.54) is 51.1 Å². The van der Waals surface area contributed by atoms with Crippen LogP contribution in [-0.2, 0) is 48.4 Å². The summed E-state index contributed by atoms with van der Waals surface area (Å²) in [5.74, 6) is -3.39. The van der Waals surface area contributed by atoms with Crippen LogP contribution >= 0.6 is 0 Å². The Kier molecular flexibility index (Phi) is 11.8. The summed E-state index contributed by atoms with van der Waals surface area (Å²) < 4.78 is 31.5. The summed E-state index contributed by atoms with van der Waals surface area (Å²) in [7, 11) is 0. The Balaban J connectivity index is 1.53. The van der Waals surface area contributed by atoms with Gasteiger partial charge in [-0.25, -0.2) is 14.4 Å². The molecule has 0 aliphatic heterocycles. The van der Waals surface area contributed by atoms with E-state index in [0.717, 1.165) is 6.07 Å². The molecule has 12 nitrogen and oxygen atoms in total. The fourth-order valence-corrected chi connectivity index (χ4v) is 4.30. The first-order valence-corrected chi connectivity index (χ1v) is 14.4. The van der Waals surface area contributed by atoms with Crippen molar-refractivity contribution < 1.29 is 57.2 Å². The predicted octanol–water partition coefficient (Wildman–Crippen LogP) is 5.53. The lowest BCUT2D eigenvalue weighted by Crippen LogP contribution is -2.16. The van der Waals surface area contributed by atoms with Gasteiger partial charge in [0.25, 0.3) is 0 Å². The van der Waals surface area contributed by atoms with Crippen LogP contribution in [0.3, 0.4) is 0 Å². The van der Waals surface area contributed by atoms with Crippen LogP contribution < -0.4 is 14.2 Å². The maximum absolute atomic E-state index is 13.3. The van der Waals surface area contributed by atoms with Crippen LogP contribution in [0.5, 0.6) is 17.2 Å². The van der Waals surface area contributed by atoms with Crippen molar-refractivity contribution in [3.63, 3.8) is 0 Å². The first-order chi connectivity index (χ1) is 23.0. The van der Waals surface area contributed by atoms with Crippen molar-refractivity contribution in [2.75, 3.05) is 0 Å². The molecule has 0 aliphatic rings. The van der Waals surface area contributed by atoms with E-state index in [-0.39, 0.29) is 53.8 Å². The average molecular weight is 655 g/mol. The van der Waals surface area contributed by atoms with Crippen molar-refractivity contribution in [1.29, 1.82) is 0 Å². The van der Waals surface area contributed by atoms with E-state index in [0.29, 0.717) is 16.7 Å². The molecule has 4 aromatic rings. The van der Waals surface area contributed by atoms with Crippen LogP contribution in [0.4, 0.5) is 0 Å². The van der Waals surface area contributed by atoms with E-state index in [4.69, 9.17) is 28.4 Å². The number of esters is 6. The molecule has 0 unspecified atom stereocenters. The lowest BCUT2D eigenvalue weighted by molar-refractivity contribution is -0.132. The van der Waals surface area contributed by atoms with E-state index >= 15 is 0 Å². The van der Waals surface area contributed by atoms with Gasteiger partial charge in [-0.15, -0.1) is 0 Å². The van der Waals surface area contributed by atoms with Gasteiger partial charge in [0.05, 0.1) is 16.7 Å². The molecule has 0 fully saturated rings. The Morgan fingerprint density at radius 3 is 1.21 bits per heavy atom. The lowest BCUT2D eigenvalue weighted by atomic mass is 10.0. The quantitative estimate of drug-likeness (QED) is 0.107. The highest BCUT2D eigenvalue weighted by Gasteiger charge is 2.23. The molecule has 0 spiro atoms. The molecule has 246 valence electrons. The van der Waals surface area contributed by atoms with Crippen LogP contribution in [0, 0.1) is 0 Å². The minimum atomic E-state index is -0.944. The van der Waals surface area contributed by atoms with E-state index in [1.807, 2.05) is 0 Å². The summed E-state index contributed by atoms with van der Waals surface area (Å²) in [4.78, 5) is 73.5. The molecule has 0 aliphatic carbocycles. The first kappa shape index (κ1) is 34.6. The second-order valence-corrected chi connectivity index (χ2v) is 10.2. The summed E-state index contributed by atoms with van der Waals surface area (Å²) in [6.45, 7) is 3.12. The monoisotopic (exact) mass is 654 g/mol. The number of hydrogen-bond donors (Lipinski definition) is 0. The zero-order valence-corrected chi connectivity index (χ0v) is 26.2. The van der Waals surface area contributed by atoms with Crippen LogP contribution in [-0.4, -0.2) is 35.8 Å². The molecule has 0 saturated heterocycles. The standard InChI is InChI=1S/C36H30O12/c1-22(37)46-29-10-4-7-25(15-29)19-43-34(40)28-13-14-32(35(41)44-20-26-8-5-11-30(16-26)47-23(2)38)33(18-28)36(42)45-21-27-9-6-12-31(17-27)48-24(3)39/h4-18H,19-21H2,1-3H3. The Bertz CT molecular complexity index is 1860. The van der Waals surface area contributed by atoms with Crippen LogP contribution in [0.1, 0.15) is 68.5 Å². The molecule has 0 atom stereocenters. The van der Waals surface area contributed by atoms with Crippen molar-refractivity contribution in [2.24, 2.45) is 0 Å². The molecule has 0 aromatic heterocycles. The fourth-order valence-electron chi connectivity index (χ4n) is 4.30. The minimum Gasteiger partial charge on any atom is -0.457 e. The molecule has 48 heavy (non-hydrogen) atoms. The normalized spacial score (nSPS) is 10.3. The van der Waals surface area contributed by atoms with E-state index in [1.54, 1.807) is 54.6 Å². The van der Waals surface area contributed by atoms with Gasteiger partial charge >= 0.3 is 35.8 Å². The van der Waals surface area contributed by atoms with Crippen LogP contribution in [0.15, 0.2) is 91.0 Å². The first-order valence-electron chi connectivity index (χ1n) is 14.4. The summed E-state index contributed by atoms with van der Waals surface area (Å²) >= 11 is 0. The van der Waals surface area contributed by atoms with Gasteiger partial charge in [0, 0.05) is 20.8 Å². The van der Waals surface area contributed by atoms with Crippen molar-refractivity contribution in [3.8, 4) is 17.2 Å². The number of rotatable bonds is 12. The number of carbonyl (C=O) groups is 6. The third-order valence-corrected chi connectivity index (χ3v) is 6.28. The maximum Gasteiger partial charge on any atom is 0.339 e. The largest absolute Gasteiger partial charge is 0.457 e. The SMILES string of the molecule is CC(=O)Oc1cccc(COC(=O)c2ccc(C(=O)OCc3cccc(OC(C)=O)c3)c(C(=O)OCc3cccc(OC(C)=O)c3)c2)c1. The zero-order valence-electron chi connectivity index (χ0n) is 26.2. The average Bonchev–Trinajstić information content (AvgIpc) is 3.04. The molecule has 12 heteroatoms. The van der Waals surface area contributed by atoms with Crippen molar-refractivity contribution in [1.82, 2.24) is 0 Å². The third kappa shape index (κ3) is 10.4. The molecule has 0 radical (unpaired) electrons. The molecule has 0 N–H and O–H groups in total. The topological polar surface area (TPSA) is 158 Å². The van der Waals surface area contributed by atoms with Gasteiger partial charge in [0.2, 0.25) is 0 Å². The summed E-state index contributed by atoms with van der Waals surface area (Å²) in [5.41, 5.74) is 1.03. The van der Waals surface area contributed by atoms with Gasteiger partial charge in [-0.2, -0.15) is 0 Å². The minimum absolute atomic E-state index is 0.0550. The smallest absolute Gasteiger partial charge is 0.339 e. The number of carbonyl (C=O) groups excluding carboxylic acids is 6. The molecular formula is C36H30O12. The number of benzene rings is 4. The summed E-state index contributed by atoms with van der Waals surface area (Å²) in [5, 5.41) is 0. The van der Waals surface area contributed by atoms with Gasteiger partial charge in [0.1, 0.15) is 37.1 Å². The maximum atomic E-state index is 13.3. The molecule has 4 aromatic carbocycles. The molecule has 0 bridgehead atoms. The van der Waals surface area contributed by atoms with Crippen molar-refractivity contribution in [2.45, 2.75) is 40.6 Å². The van der Waals surface area contributed by atoms with Crippen molar-refractivity contribution >= 4 is 35.8 Å².